The minimum atomic E-state index is 0.475. The van der Waals surface area contributed by atoms with Crippen molar-refractivity contribution in [3.05, 3.63) is 17.5 Å². The standard InChI is InChI=1S/C11H20N4/c1-8(2)12-7-10-6-9(3)13-11(14-10)15(4)5/h6,8,12H,7H2,1-5H3. The highest BCUT2D eigenvalue weighted by molar-refractivity contribution is 5.29. The van der Waals surface area contributed by atoms with E-state index >= 15 is 0 Å². The number of nitrogens with one attached hydrogen (secondary N) is 1. The molecule has 4 nitrogen and oxygen atoms in total. The summed E-state index contributed by atoms with van der Waals surface area (Å²) >= 11 is 0. The van der Waals surface area contributed by atoms with Gasteiger partial charge in [0.25, 0.3) is 0 Å². The van der Waals surface area contributed by atoms with Crippen molar-refractivity contribution in [3.8, 4) is 0 Å². The maximum atomic E-state index is 4.46. The van der Waals surface area contributed by atoms with Gasteiger partial charge >= 0.3 is 0 Å². The van der Waals surface area contributed by atoms with Crippen molar-refractivity contribution in [2.75, 3.05) is 19.0 Å². The first-order valence-electron chi connectivity index (χ1n) is 5.24. The van der Waals surface area contributed by atoms with Crippen LogP contribution in [-0.4, -0.2) is 30.1 Å². The first kappa shape index (κ1) is 11.9. The minimum absolute atomic E-state index is 0.475. The summed E-state index contributed by atoms with van der Waals surface area (Å²) in [5.74, 6) is 0.774. The Bertz CT molecular complexity index is 320. The summed E-state index contributed by atoms with van der Waals surface area (Å²) in [6, 6.07) is 2.49. The maximum Gasteiger partial charge on any atom is 0.225 e. The van der Waals surface area contributed by atoms with Crippen LogP contribution in [0.25, 0.3) is 0 Å². The molecular weight excluding hydrogens is 188 g/mol. The number of nitrogens with zero attached hydrogens (tertiary/aromatic N) is 3. The van der Waals surface area contributed by atoms with E-state index in [-0.39, 0.29) is 0 Å². The Morgan fingerprint density at radius 1 is 1.33 bits per heavy atom. The molecule has 0 aliphatic rings. The Balaban J connectivity index is 2.79. The quantitative estimate of drug-likeness (QED) is 0.811. The third kappa shape index (κ3) is 3.83. The molecule has 0 aliphatic carbocycles. The predicted molar refractivity (Wildman–Crippen MR) is 63.1 cm³/mol. The minimum Gasteiger partial charge on any atom is -0.347 e. The average Bonchev–Trinajstić information content (AvgIpc) is 2.13. The molecule has 1 heterocycles. The van der Waals surface area contributed by atoms with Crippen molar-refractivity contribution in [2.45, 2.75) is 33.4 Å². The molecule has 0 aliphatic heterocycles. The van der Waals surface area contributed by atoms with Gasteiger partial charge in [0.1, 0.15) is 0 Å². The molecule has 1 N–H and O–H groups in total. The van der Waals surface area contributed by atoms with Crippen molar-refractivity contribution in [1.82, 2.24) is 15.3 Å². The highest BCUT2D eigenvalue weighted by atomic mass is 15.2. The Morgan fingerprint density at radius 2 is 2.00 bits per heavy atom. The summed E-state index contributed by atoms with van der Waals surface area (Å²) in [5, 5.41) is 3.35. The van der Waals surface area contributed by atoms with Gasteiger partial charge in [0.05, 0.1) is 5.69 Å². The molecule has 4 heteroatoms. The molecule has 84 valence electrons. The van der Waals surface area contributed by atoms with Crippen molar-refractivity contribution >= 4 is 5.95 Å². The zero-order valence-corrected chi connectivity index (χ0v) is 10.2. The van der Waals surface area contributed by atoms with Crippen LogP contribution < -0.4 is 10.2 Å². The Kier molecular flexibility index (Phi) is 4.03. The van der Waals surface area contributed by atoms with Gasteiger partial charge in [-0.1, -0.05) is 13.8 Å². The van der Waals surface area contributed by atoms with Gasteiger partial charge < -0.3 is 10.2 Å². The lowest BCUT2D eigenvalue weighted by molar-refractivity contribution is 0.580. The molecule has 1 aromatic rings. The summed E-state index contributed by atoms with van der Waals surface area (Å²) in [4.78, 5) is 10.7. The molecule has 0 saturated heterocycles. The second-order valence-electron chi connectivity index (χ2n) is 4.23. The van der Waals surface area contributed by atoms with Crippen LogP contribution in [0.4, 0.5) is 5.95 Å². The van der Waals surface area contributed by atoms with Gasteiger partial charge in [-0.05, 0) is 13.0 Å². The summed E-state index contributed by atoms with van der Waals surface area (Å²) in [6.45, 7) is 7.04. The van der Waals surface area contributed by atoms with E-state index in [1.807, 2.05) is 32.0 Å². The van der Waals surface area contributed by atoms with Crippen molar-refractivity contribution < 1.29 is 0 Å². The molecule has 1 aromatic heterocycles. The molecule has 0 amide bonds. The van der Waals surface area contributed by atoms with Crippen LogP contribution in [0.3, 0.4) is 0 Å². The first-order valence-corrected chi connectivity index (χ1v) is 5.24. The van der Waals surface area contributed by atoms with Gasteiger partial charge in [-0.25, -0.2) is 9.97 Å². The van der Waals surface area contributed by atoms with Crippen LogP contribution in [0.2, 0.25) is 0 Å². The highest BCUT2D eigenvalue weighted by Gasteiger charge is 2.04. The third-order valence-corrected chi connectivity index (χ3v) is 1.99. The maximum absolute atomic E-state index is 4.46. The predicted octanol–water partition coefficient (Wildman–Crippen LogP) is 1.35. The molecule has 0 saturated carbocycles. The van der Waals surface area contributed by atoms with Gasteiger partial charge in [0.15, 0.2) is 0 Å². The molecule has 15 heavy (non-hydrogen) atoms. The van der Waals surface area contributed by atoms with Crippen LogP contribution in [0, 0.1) is 6.92 Å². The lowest BCUT2D eigenvalue weighted by Crippen LogP contribution is -2.23. The van der Waals surface area contributed by atoms with Crippen molar-refractivity contribution in [2.24, 2.45) is 0 Å². The van der Waals surface area contributed by atoms with Crippen LogP contribution in [0.1, 0.15) is 25.2 Å². The number of anilines is 1. The van der Waals surface area contributed by atoms with E-state index < -0.39 is 0 Å². The number of rotatable bonds is 4. The first-order chi connectivity index (χ1) is 6.99. The van der Waals surface area contributed by atoms with E-state index in [9.17, 15) is 0 Å². The van der Waals surface area contributed by atoms with Gasteiger partial charge in [0, 0.05) is 32.4 Å². The number of aromatic nitrogens is 2. The smallest absolute Gasteiger partial charge is 0.225 e. The monoisotopic (exact) mass is 208 g/mol. The Hall–Kier alpha value is -1.16. The molecular formula is C11H20N4. The summed E-state index contributed by atoms with van der Waals surface area (Å²) < 4.78 is 0. The summed E-state index contributed by atoms with van der Waals surface area (Å²) in [6.07, 6.45) is 0. The Labute approximate surface area is 91.7 Å². The zero-order valence-electron chi connectivity index (χ0n) is 10.2. The fourth-order valence-corrected chi connectivity index (χ4v) is 1.22. The molecule has 0 unspecified atom stereocenters. The van der Waals surface area contributed by atoms with Gasteiger partial charge in [-0.15, -0.1) is 0 Å². The zero-order chi connectivity index (χ0) is 11.4. The lowest BCUT2D eigenvalue weighted by atomic mass is 10.3. The van der Waals surface area contributed by atoms with Crippen LogP contribution >= 0.6 is 0 Å². The number of aryl methyl sites for hydroxylation is 1. The Morgan fingerprint density at radius 3 is 2.53 bits per heavy atom. The van der Waals surface area contributed by atoms with Crippen LogP contribution in [0.15, 0.2) is 6.07 Å². The van der Waals surface area contributed by atoms with E-state index in [0.717, 1.165) is 23.9 Å². The van der Waals surface area contributed by atoms with Gasteiger partial charge in [0.2, 0.25) is 5.95 Å². The van der Waals surface area contributed by atoms with Gasteiger partial charge in [-0.2, -0.15) is 0 Å². The van der Waals surface area contributed by atoms with Crippen LogP contribution in [-0.2, 0) is 6.54 Å². The molecule has 0 spiro atoms. The van der Waals surface area contributed by atoms with Crippen LogP contribution in [0.5, 0.6) is 0 Å². The van der Waals surface area contributed by atoms with Crippen molar-refractivity contribution in [3.63, 3.8) is 0 Å². The molecule has 0 fully saturated rings. The van der Waals surface area contributed by atoms with E-state index in [4.69, 9.17) is 0 Å². The third-order valence-electron chi connectivity index (χ3n) is 1.99. The van der Waals surface area contributed by atoms with E-state index in [2.05, 4.69) is 29.1 Å². The second kappa shape index (κ2) is 5.07. The SMILES string of the molecule is Cc1cc(CNC(C)C)nc(N(C)C)n1. The molecule has 0 aromatic carbocycles. The lowest BCUT2D eigenvalue weighted by Gasteiger charge is -2.13. The number of hydrogen-bond acceptors (Lipinski definition) is 4. The molecule has 0 bridgehead atoms. The normalized spacial score (nSPS) is 10.8. The molecule has 0 radical (unpaired) electrons. The summed E-state index contributed by atoms with van der Waals surface area (Å²) in [5.41, 5.74) is 2.05. The highest BCUT2D eigenvalue weighted by Crippen LogP contribution is 2.07. The fourth-order valence-electron chi connectivity index (χ4n) is 1.22. The van der Waals surface area contributed by atoms with E-state index in [0.29, 0.717) is 6.04 Å². The van der Waals surface area contributed by atoms with Gasteiger partial charge in [-0.3, -0.25) is 0 Å². The molecule has 0 atom stereocenters. The van der Waals surface area contributed by atoms with Crippen molar-refractivity contribution in [1.29, 1.82) is 0 Å². The second-order valence-corrected chi connectivity index (χ2v) is 4.23. The largest absolute Gasteiger partial charge is 0.347 e. The fraction of sp³-hybridized carbons (Fsp3) is 0.636. The average molecular weight is 208 g/mol. The molecule has 1 rings (SSSR count). The topological polar surface area (TPSA) is 41.1 Å². The van der Waals surface area contributed by atoms with E-state index in [1.54, 1.807) is 0 Å². The summed E-state index contributed by atoms with van der Waals surface area (Å²) in [7, 11) is 3.91. The number of hydrogen-bond donors (Lipinski definition) is 1. The van der Waals surface area contributed by atoms with E-state index in [1.165, 1.54) is 0 Å².